The number of carbonyl (C=O) groups is 1. The molecular weight excluding hydrogens is 424 g/mol. The minimum absolute atomic E-state index is 0.410. The maximum atomic E-state index is 11.5. The highest BCUT2D eigenvalue weighted by Gasteiger charge is 2.48. The Balaban J connectivity index is 1.61. The summed E-state index contributed by atoms with van der Waals surface area (Å²) in [5, 5.41) is 47.9. The molecule has 33 heavy (non-hydrogen) atoms. The zero-order valence-corrected chi connectivity index (χ0v) is 17.3. The van der Waals surface area contributed by atoms with E-state index in [0.717, 1.165) is 43.1 Å². The van der Waals surface area contributed by atoms with E-state index in [1.807, 2.05) is 54.6 Å². The number of carboxylic acids is 1. The quantitative estimate of drug-likeness (QED) is 0.250. The Morgan fingerprint density at radius 2 is 1.36 bits per heavy atom. The number of aliphatic carboxylic acids is 1. The number of aliphatic hydroxyl groups is 3. The predicted octanol–water partition coefficient (Wildman–Crippen LogP) is 3.01. The minimum Gasteiger partial charge on any atom is -0.479 e. The zero-order chi connectivity index (χ0) is 22.9. The second-order valence-electron chi connectivity index (χ2n) is 8.41. The van der Waals surface area contributed by atoms with Crippen LogP contribution in [-0.4, -0.2) is 57.1 Å². The van der Waals surface area contributed by atoms with Gasteiger partial charge < -0.3 is 29.9 Å². The van der Waals surface area contributed by atoms with Crippen LogP contribution in [0.1, 0.15) is 0 Å². The van der Waals surface area contributed by atoms with Crippen molar-refractivity contribution in [2.45, 2.75) is 30.7 Å². The maximum absolute atomic E-state index is 11.5. The first kappa shape index (κ1) is 20.1. The second kappa shape index (κ2) is 7.26. The van der Waals surface area contributed by atoms with E-state index in [9.17, 15) is 25.2 Å². The molecule has 7 heteroatoms. The number of hydrogen-bond donors (Lipinski definition) is 4. The summed E-state index contributed by atoms with van der Waals surface area (Å²) in [5.41, 5.74) is 0. The predicted molar refractivity (Wildman–Crippen MR) is 123 cm³/mol. The van der Waals surface area contributed by atoms with Gasteiger partial charge in [-0.1, -0.05) is 60.7 Å². The molecule has 7 nitrogen and oxygen atoms in total. The van der Waals surface area contributed by atoms with Gasteiger partial charge in [-0.3, -0.25) is 0 Å². The molecule has 6 rings (SSSR count). The summed E-state index contributed by atoms with van der Waals surface area (Å²) in [7, 11) is 0. The Bertz CT molecular complexity index is 1510. The molecule has 0 radical (unpaired) electrons. The summed E-state index contributed by atoms with van der Waals surface area (Å²) < 4.78 is 11.5. The smallest absolute Gasteiger partial charge is 0.335 e. The number of hydrogen-bond acceptors (Lipinski definition) is 6. The Morgan fingerprint density at radius 3 is 2.06 bits per heavy atom. The molecule has 0 aliphatic carbocycles. The molecular formula is C26H20O7. The van der Waals surface area contributed by atoms with Crippen molar-refractivity contribution >= 4 is 49.1 Å². The van der Waals surface area contributed by atoms with Gasteiger partial charge in [0.05, 0.1) is 0 Å². The lowest BCUT2D eigenvalue weighted by Crippen LogP contribution is -2.61. The monoisotopic (exact) mass is 444 g/mol. The van der Waals surface area contributed by atoms with Crippen molar-refractivity contribution in [2.24, 2.45) is 0 Å². The standard InChI is InChI=1S/C26H20O7/c27-20-21(28)24(25(30)31)33-26(22(20)29)32-23-16-7-2-1-6-14(16)15-10-8-12-4-3-5-13-9-11-17(23)19(15)18(12)13/h1-11,20-22,24,26-29H,(H,30,31)/t20-,21-,22+,24-,26?/m0/s1. The van der Waals surface area contributed by atoms with Crippen LogP contribution in [0.5, 0.6) is 5.75 Å². The molecule has 1 heterocycles. The lowest BCUT2D eigenvalue weighted by Gasteiger charge is -2.38. The van der Waals surface area contributed by atoms with Crippen LogP contribution >= 0.6 is 0 Å². The Hall–Kier alpha value is -3.49. The van der Waals surface area contributed by atoms with Crippen LogP contribution in [0, 0.1) is 0 Å². The van der Waals surface area contributed by atoms with E-state index < -0.39 is 36.7 Å². The van der Waals surface area contributed by atoms with Gasteiger partial charge in [-0.15, -0.1) is 0 Å². The second-order valence-corrected chi connectivity index (χ2v) is 8.41. The first-order valence-electron chi connectivity index (χ1n) is 10.6. The molecule has 1 fully saturated rings. The molecule has 4 N–H and O–H groups in total. The average molecular weight is 444 g/mol. The topological polar surface area (TPSA) is 116 Å². The molecule has 5 atom stereocenters. The van der Waals surface area contributed by atoms with Crippen molar-refractivity contribution in [2.75, 3.05) is 0 Å². The van der Waals surface area contributed by atoms with Crippen LogP contribution in [0.15, 0.2) is 66.7 Å². The highest BCUT2D eigenvalue weighted by molar-refractivity contribution is 6.31. The van der Waals surface area contributed by atoms with Crippen molar-refractivity contribution in [1.82, 2.24) is 0 Å². The lowest BCUT2D eigenvalue weighted by molar-refractivity contribution is -0.270. The highest BCUT2D eigenvalue weighted by Crippen LogP contribution is 2.45. The Morgan fingerprint density at radius 1 is 0.697 bits per heavy atom. The average Bonchev–Trinajstić information content (AvgIpc) is 2.83. The number of fused-ring (bicyclic) bond motifs is 2. The molecule has 1 unspecified atom stereocenters. The number of aliphatic hydroxyl groups excluding tert-OH is 3. The third-order valence-corrected chi connectivity index (χ3v) is 6.53. The molecule has 166 valence electrons. The first-order chi connectivity index (χ1) is 16.0. The molecule has 0 saturated carbocycles. The van der Waals surface area contributed by atoms with Crippen molar-refractivity contribution in [3.05, 3.63) is 66.7 Å². The molecule has 0 bridgehead atoms. The van der Waals surface area contributed by atoms with Crippen molar-refractivity contribution in [1.29, 1.82) is 0 Å². The van der Waals surface area contributed by atoms with Gasteiger partial charge in [0.15, 0.2) is 6.10 Å². The fourth-order valence-corrected chi connectivity index (χ4v) is 4.95. The van der Waals surface area contributed by atoms with Gasteiger partial charge in [-0.2, -0.15) is 0 Å². The molecule has 5 aromatic carbocycles. The maximum Gasteiger partial charge on any atom is 0.335 e. The number of ether oxygens (including phenoxy) is 2. The van der Waals surface area contributed by atoms with Crippen LogP contribution in [0.25, 0.3) is 43.1 Å². The Labute approximate surface area is 187 Å². The number of benzene rings is 5. The van der Waals surface area contributed by atoms with E-state index in [1.165, 1.54) is 0 Å². The van der Waals surface area contributed by atoms with E-state index in [-0.39, 0.29) is 0 Å². The summed E-state index contributed by atoms with van der Waals surface area (Å²) in [5.74, 6) is -1.05. The van der Waals surface area contributed by atoms with E-state index in [4.69, 9.17) is 9.47 Å². The number of rotatable bonds is 3. The summed E-state index contributed by atoms with van der Waals surface area (Å²) >= 11 is 0. The van der Waals surface area contributed by atoms with Gasteiger partial charge in [0.25, 0.3) is 0 Å². The van der Waals surface area contributed by atoms with E-state index >= 15 is 0 Å². The van der Waals surface area contributed by atoms with Crippen molar-refractivity contribution < 1.29 is 34.7 Å². The van der Waals surface area contributed by atoms with Crippen LogP contribution in [0.2, 0.25) is 0 Å². The molecule has 0 spiro atoms. The number of carboxylic acid groups (broad SMARTS) is 1. The third kappa shape index (κ3) is 2.87. The van der Waals surface area contributed by atoms with Gasteiger partial charge in [0.2, 0.25) is 6.29 Å². The normalized spacial score (nSPS) is 25.8. The molecule has 1 aliphatic heterocycles. The molecule has 1 aliphatic rings. The minimum atomic E-state index is -1.78. The van der Waals surface area contributed by atoms with Crippen LogP contribution < -0.4 is 4.74 Å². The molecule has 0 amide bonds. The molecule has 5 aromatic rings. The van der Waals surface area contributed by atoms with E-state index in [0.29, 0.717) is 5.75 Å². The SMILES string of the molecule is O=C(O)[C@H]1OC(Oc2c3ccccc3c3ccc4cccc5ccc2c3c54)[C@H](O)[C@@H](O)[C@@H]1O. The van der Waals surface area contributed by atoms with E-state index in [1.54, 1.807) is 0 Å². The fourth-order valence-electron chi connectivity index (χ4n) is 4.95. The van der Waals surface area contributed by atoms with Gasteiger partial charge in [-0.25, -0.2) is 4.79 Å². The first-order valence-corrected chi connectivity index (χ1v) is 10.6. The summed E-state index contributed by atoms with van der Waals surface area (Å²) in [4.78, 5) is 11.5. The zero-order valence-electron chi connectivity index (χ0n) is 17.3. The third-order valence-electron chi connectivity index (χ3n) is 6.53. The molecule has 0 aromatic heterocycles. The Kier molecular flexibility index (Phi) is 4.43. The van der Waals surface area contributed by atoms with Crippen molar-refractivity contribution in [3.63, 3.8) is 0 Å². The van der Waals surface area contributed by atoms with Crippen LogP contribution in [-0.2, 0) is 9.53 Å². The van der Waals surface area contributed by atoms with Gasteiger partial charge >= 0.3 is 5.97 Å². The molecule has 1 saturated heterocycles. The summed E-state index contributed by atoms with van der Waals surface area (Å²) in [6, 6.07) is 21.8. The largest absolute Gasteiger partial charge is 0.479 e. The van der Waals surface area contributed by atoms with Gasteiger partial charge in [-0.05, 0) is 33.0 Å². The van der Waals surface area contributed by atoms with Crippen LogP contribution in [0.4, 0.5) is 0 Å². The summed E-state index contributed by atoms with van der Waals surface area (Å²) in [6.07, 6.45) is -8.40. The van der Waals surface area contributed by atoms with Crippen LogP contribution in [0.3, 0.4) is 0 Å². The fraction of sp³-hybridized carbons (Fsp3) is 0.192. The van der Waals surface area contributed by atoms with Gasteiger partial charge in [0.1, 0.15) is 24.1 Å². The van der Waals surface area contributed by atoms with E-state index in [2.05, 4.69) is 12.1 Å². The van der Waals surface area contributed by atoms with Gasteiger partial charge in [0, 0.05) is 16.2 Å². The highest BCUT2D eigenvalue weighted by atomic mass is 16.7. The lowest BCUT2D eigenvalue weighted by atomic mass is 9.90. The summed E-state index contributed by atoms with van der Waals surface area (Å²) in [6.45, 7) is 0. The van der Waals surface area contributed by atoms with Crippen molar-refractivity contribution in [3.8, 4) is 5.75 Å².